The van der Waals surface area contributed by atoms with Crippen molar-refractivity contribution < 1.29 is 9.53 Å². The summed E-state index contributed by atoms with van der Waals surface area (Å²) in [6.07, 6.45) is 5.65. The number of carbonyl (C=O) groups excluding carboxylic acids is 1. The first-order chi connectivity index (χ1) is 8.37. The molecule has 1 aliphatic rings. The third kappa shape index (κ3) is 6.61. The van der Waals surface area contributed by atoms with Gasteiger partial charge in [0.05, 0.1) is 0 Å². The fourth-order valence-electron chi connectivity index (χ4n) is 1.69. The highest BCUT2D eigenvalue weighted by molar-refractivity contribution is 5.67. The van der Waals surface area contributed by atoms with Crippen LogP contribution in [-0.2, 0) is 4.74 Å². The molecule has 1 amide bonds. The normalized spacial score (nSPS) is 23.8. The highest BCUT2D eigenvalue weighted by Crippen LogP contribution is 2.16. The smallest absolute Gasteiger partial charge is 0.407 e. The predicted octanol–water partition coefficient (Wildman–Crippen LogP) is 1.15. The van der Waals surface area contributed by atoms with Gasteiger partial charge in [-0.2, -0.15) is 0 Å². The average Bonchev–Trinajstić information content (AvgIpc) is 2.17. The summed E-state index contributed by atoms with van der Waals surface area (Å²) in [7, 11) is 0. The molecule has 1 saturated carbocycles. The van der Waals surface area contributed by atoms with Crippen molar-refractivity contribution in [2.24, 2.45) is 5.73 Å². The lowest BCUT2D eigenvalue weighted by Crippen LogP contribution is -2.48. The van der Waals surface area contributed by atoms with E-state index in [-0.39, 0.29) is 6.09 Å². The average molecular weight is 255 g/mol. The van der Waals surface area contributed by atoms with Gasteiger partial charge >= 0.3 is 6.09 Å². The van der Waals surface area contributed by atoms with Crippen LogP contribution in [0, 0.1) is 0 Å². The summed E-state index contributed by atoms with van der Waals surface area (Å²) in [5.74, 6) is 0. The predicted molar refractivity (Wildman–Crippen MR) is 72.4 cm³/mol. The number of amides is 1. The lowest BCUT2D eigenvalue weighted by molar-refractivity contribution is 0.0534. The number of hydrogen-bond donors (Lipinski definition) is 3. The van der Waals surface area contributed by atoms with Crippen LogP contribution in [0.4, 0.5) is 4.79 Å². The van der Waals surface area contributed by atoms with E-state index < -0.39 is 5.60 Å². The summed E-state index contributed by atoms with van der Waals surface area (Å²) in [6.45, 7) is 6.83. The zero-order chi connectivity index (χ0) is 13.6. The third-order valence-electron chi connectivity index (χ3n) is 2.63. The molecule has 0 spiro atoms. The molecule has 4 N–H and O–H groups in total. The third-order valence-corrected chi connectivity index (χ3v) is 2.63. The molecule has 0 heterocycles. The Hall–Kier alpha value is -1.07. The van der Waals surface area contributed by atoms with E-state index in [0.29, 0.717) is 18.6 Å². The molecule has 0 bridgehead atoms. The molecule has 0 aromatic carbocycles. The number of hydrogen-bond acceptors (Lipinski definition) is 4. The number of carbonyl (C=O) groups is 1. The van der Waals surface area contributed by atoms with Crippen LogP contribution in [0.5, 0.6) is 0 Å². The van der Waals surface area contributed by atoms with Crippen molar-refractivity contribution in [3.8, 4) is 0 Å². The van der Waals surface area contributed by atoms with Crippen molar-refractivity contribution in [3.05, 3.63) is 12.2 Å². The second kappa shape index (κ2) is 6.75. The van der Waals surface area contributed by atoms with Crippen molar-refractivity contribution in [1.29, 1.82) is 0 Å². The van der Waals surface area contributed by atoms with Crippen LogP contribution in [0.3, 0.4) is 0 Å². The van der Waals surface area contributed by atoms with Gasteiger partial charge in [-0.05, 0) is 33.6 Å². The zero-order valence-corrected chi connectivity index (χ0v) is 11.5. The number of nitrogens with one attached hydrogen (secondary N) is 2. The Bertz CT molecular complexity index is 291. The van der Waals surface area contributed by atoms with Gasteiger partial charge in [0.25, 0.3) is 0 Å². The molecule has 0 atom stereocenters. The topological polar surface area (TPSA) is 76.4 Å². The fraction of sp³-hybridized carbons (Fsp3) is 0.769. The lowest BCUT2D eigenvalue weighted by atomic mass is 9.88. The maximum atomic E-state index is 11.3. The molecule has 0 aromatic heterocycles. The van der Waals surface area contributed by atoms with E-state index >= 15 is 0 Å². The lowest BCUT2D eigenvalue weighted by Gasteiger charge is -2.32. The standard InChI is InChI=1S/C13H25N3O2/c1-13(2,3)18-12(17)16-7-5-4-6-15-11-8-10(14)9-11/h4-5,10-11,15H,6-9,14H2,1-3H3,(H,16,17)/b5-4+. The minimum atomic E-state index is -0.446. The quantitative estimate of drug-likeness (QED) is 0.644. The molecule has 0 radical (unpaired) electrons. The molecule has 5 nitrogen and oxygen atoms in total. The number of rotatable bonds is 5. The van der Waals surface area contributed by atoms with E-state index in [2.05, 4.69) is 10.6 Å². The molecule has 0 saturated heterocycles. The van der Waals surface area contributed by atoms with Crippen LogP contribution >= 0.6 is 0 Å². The molecule has 18 heavy (non-hydrogen) atoms. The monoisotopic (exact) mass is 255 g/mol. The summed E-state index contributed by atoms with van der Waals surface area (Å²) in [5.41, 5.74) is 5.24. The van der Waals surface area contributed by atoms with Gasteiger partial charge in [0.15, 0.2) is 0 Å². The summed E-state index contributed by atoms with van der Waals surface area (Å²) in [4.78, 5) is 11.3. The second-order valence-electron chi connectivity index (χ2n) is 5.69. The molecule has 1 fully saturated rings. The van der Waals surface area contributed by atoms with Crippen LogP contribution in [-0.4, -0.2) is 36.9 Å². The van der Waals surface area contributed by atoms with Crippen LogP contribution < -0.4 is 16.4 Å². The van der Waals surface area contributed by atoms with E-state index in [4.69, 9.17) is 10.5 Å². The first kappa shape index (κ1) is 15.0. The number of ether oxygens (including phenoxy) is 1. The van der Waals surface area contributed by atoms with Gasteiger partial charge in [0, 0.05) is 25.2 Å². The van der Waals surface area contributed by atoms with E-state index in [1.807, 2.05) is 32.9 Å². The first-order valence-electron chi connectivity index (χ1n) is 6.47. The van der Waals surface area contributed by atoms with Gasteiger partial charge in [-0.25, -0.2) is 4.79 Å². The summed E-state index contributed by atoms with van der Waals surface area (Å²) in [6, 6.07) is 0.934. The SMILES string of the molecule is CC(C)(C)OC(=O)NC/C=C/CNC1CC(N)C1. The highest BCUT2D eigenvalue weighted by Gasteiger charge is 2.24. The molecular weight excluding hydrogens is 230 g/mol. The fourth-order valence-corrected chi connectivity index (χ4v) is 1.69. The van der Waals surface area contributed by atoms with Crippen molar-refractivity contribution in [2.75, 3.05) is 13.1 Å². The Labute approximate surface area is 109 Å². The van der Waals surface area contributed by atoms with Gasteiger partial charge < -0.3 is 21.1 Å². The van der Waals surface area contributed by atoms with Gasteiger partial charge in [-0.3, -0.25) is 0 Å². The second-order valence-corrected chi connectivity index (χ2v) is 5.69. The maximum absolute atomic E-state index is 11.3. The van der Waals surface area contributed by atoms with Crippen LogP contribution in [0.1, 0.15) is 33.6 Å². The zero-order valence-electron chi connectivity index (χ0n) is 11.5. The Morgan fingerprint density at radius 3 is 2.50 bits per heavy atom. The Balaban J connectivity index is 1.98. The Morgan fingerprint density at radius 2 is 1.94 bits per heavy atom. The number of alkyl carbamates (subject to hydrolysis) is 1. The van der Waals surface area contributed by atoms with Gasteiger partial charge in [0.1, 0.15) is 5.60 Å². The van der Waals surface area contributed by atoms with E-state index in [1.165, 1.54) is 0 Å². The molecule has 1 rings (SSSR count). The number of nitrogens with two attached hydrogens (primary N) is 1. The molecule has 5 heteroatoms. The Morgan fingerprint density at radius 1 is 1.33 bits per heavy atom. The van der Waals surface area contributed by atoms with Gasteiger partial charge in [-0.1, -0.05) is 12.2 Å². The summed E-state index contributed by atoms with van der Waals surface area (Å²) in [5, 5.41) is 6.03. The van der Waals surface area contributed by atoms with Crippen molar-refractivity contribution >= 4 is 6.09 Å². The maximum Gasteiger partial charge on any atom is 0.407 e. The molecule has 0 unspecified atom stereocenters. The van der Waals surface area contributed by atoms with Gasteiger partial charge in [0.2, 0.25) is 0 Å². The van der Waals surface area contributed by atoms with Crippen LogP contribution in [0.2, 0.25) is 0 Å². The van der Waals surface area contributed by atoms with Crippen LogP contribution in [0.15, 0.2) is 12.2 Å². The first-order valence-corrected chi connectivity index (χ1v) is 6.47. The van der Waals surface area contributed by atoms with E-state index in [9.17, 15) is 4.79 Å². The largest absolute Gasteiger partial charge is 0.444 e. The minimum absolute atomic E-state index is 0.375. The van der Waals surface area contributed by atoms with Crippen LogP contribution in [0.25, 0.3) is 0 Å². The summed E-state index contributed by atoms with van der Waals surface area (Å²) < 4.78 is 5.11. The minimum Gasteiger partial charge on any atom is -0.444 e. The highest BCUT2D eigenvalue weighted by atomic mass is 16.6. The van der Waals surface area contributed by atoms with Gasteiger partial charge in [-0.15, -0.1) is 0 Å². The summed E-state index contributed by atoms with van der Waals surface area (Å²) >= 11 is 0. The Kier molecular flexibility index (Phi) is 5.62. The van der Waals surface area contributed by atoms with E-state index in [1.54, 1.807) is 0 Å². The van der Waals surface area contributed by atoms with Crippen molar-refractivity contribution in [2.45, 2.75) is 51.3 Å². The molecule has 0 aliphatic heterocycles. The van der Waals surface area contributed by atoms with E-state index in [0.717, 1.165) is 19.4 Å². The molecule has 1 aliphatic carbocycles. The molecule has 104 valence electrons. The molecular formula is C13H25N3O2. The van der Waals surface area contributed by atoms with Crippen molar-refractivity contribution in [3.63, 3.8) is 0 Å². The molecule has 0 aromatic rings. The van der Waals surface area contributed by atoms with Crippen molar-refractivity contribution in [1.82, 2.24) is 10.6 Å².